The standard InChI is InChI=1S/C53H58BF2N13O12P2S/c1-2-40(70)66-23-33-7-3-4-8-34(33)46-43(35-9-5-6-10-37(35)66)64-65-69(46)17-18-73-19-20-74-21-22-75-24-31-11-13-32(14-12-31)27-84-83(72)77-26-39-47(41(55)52(79-39)68-30-63-45-49(58)60-28-61-51(45)68)80-82(54,71)76-25-38-48(81-83)42(56)53(78-38)67-29-62-44-36(57)15-16-59-50(44)67/h3-16,28-30,38-39,41-42,47-48,52-53H,2,17-27,54H2,1H3,(H2,57,59)(H2,58,60,61)/t38-,39-,41-,42-,47-,48-,52-,53-,82-,83-/m1/s1. The number of benzene rings is 3. The van der Waals surface area contributed by atoms with E-state index in [0.29, 0.717) is 75.0 Å². The molecule has 5 aromatic heterocycles. The van der Waals surface area contributed by atoms with Crippen LogP contribution in [0.2, 0.25) is 0 Å². The Morgan fingerprint density at radius 1 is 0.750 bits per heavy atom. The van der Waals surface area contributed by atoms with E-state index in [2.05, 4.69) is 35.2 Å². The molecule has 440 valence electrons. The number of imidazole rings is 2. The third-order valence-electron chi connectivity index (χ3n) is 14.7. The normalized spacial score (nSPS) is 26.1. The van der Waals surface area contributed by atoms with Gasteiger partial charge in [0, 0.05) is 29.5 Å². The Bertz CT molecular complexity index is 3780. The number of nitrogen functional groups attached to an aromatic ring is 2. The average Bonchev–Trinajstić information content (AvgIpc) is 2.03. The predicted octanol–water partition coefficient (Wildman–Crippen LogP) is 6.94. The molecule has 3 aromatic carbocycles. The van der Waals surface area contributed by atoms with Gasteiger partial charge in [0.2, 0.25) is 5.91 Å². The first-order chi connectivity index (χ1) is 40.8. The Morgan fingerprint density at radius 2 is 1.39 bits per heavy atom. The van der Waals surface area contributed by atoms with Gasteiger partial charge in [0.05, 0.1) is 95.7 Å². The van der Waals surface area contributed by atoms with Gasteiger partial charge in [0.15, 0.2) is 41.9 Å². The van der Waals surface area contributed by atoms with Crippen LogP contribution in [0.15, 0.2) is 104 Å². The summed E-state index contributed by atoms with van der Waals surface area (Å²) in [6.07, 6.45) is -7.36. The smallest absolute Gasteiger partial charge is 0.389 e. The van der Waals surface area contributed by atoms with Crippen molar-refractivity contribution in [1.29, 1.82) is 0 Å². The minimum atomic E-state index is -4.48. The van der Waals surface area contributed by atoms with Gasteiger partial charge >= 0.3 is 6.80 Å². The molecule has 0 saturated carbocycles. The maximum atomic E-state index is 17.0. The van der Waals surface area contributed by atoms with Crippen LogP contribution < -0.4 is 16.4 Å². The molecule has 25 nitrogen and oxygen atoms in total. The molecule has 0 radical (unpaired) electrons. The van der Waals surface area contributed by atoms with Crippen molar-refractivity contribution in [1.82, 2.24) is 49.0 Å². The summed E-state index contributed by atoms with van der Waals surface area (Å²) in [6, 6.07) is 24.7. The van der Waals surface area contributed by atoms with Crippen molar-refractivity contribution < 1.29 is 64.5 Å². The van der Waals surface area contributed by atoms with Crippen LogP contribution in [0.1, 0.15) is 42.5 Å². The molecule has 0 aliphatic carbocycles. The predicted molar refractivity (Wildman–Crippen MR) is 306 cm³/mol. The summed E-state index contributed by atoms with van der Waals surface area (Å²) in [6.45, 7) is -0.990. The largest absolute Gasteiger partial charge is 0.397 e. The second-order valence-electron chi connectivity index (χ2n) is 20.2. The summed E-state index contributed by atoms with van der Waals surface area (Å²) < 4.78 is 121. The van der Waals surface area contributed by atoms with Gasteiger partial charge in [0.25, 0.3) is 15.0 Å². The van der Waals surface area contributed by atoms with Gasteiger partial charge < -0.3 is 49.1 Å². The summed E-state index contributed by atoms with van der Waals surface area (Å²) in [7, 11) is -3.05. The average molecular weight is 1210 g/mol. The van der Waals surface area contributed by atoms with Gasteiger partial charge in [0.1, 0.15) is 47.5 Å². The summed E-state index contributed by atoms with van der Waals surface area (Å²) in [5.74, 6) is 0.126. The lowest BCUT2D eigenvalue weighted by Crippen LogP contribution is -2.37. The van der Waals surface area contributed by atoms with Crippen molar-refractivity contribution in [2.45, 2.75) is 88.0 Å². The highest BCUT2D eigenvalue weighted by molar-refractivity contribution is 8.54. The molecule has 1 amide bonds. The van der Waals surface area contributed by atoms with Gasteiger partial charge in [-0.25, -0.2) is 42.9 Å². The molecule has 9 heterocycles. The second kappa shape index (κ2) is 24.8. The van der Waals surface area contributed by atoms with Crippen LogP contribution in [0.5, 0.6) is 0 Å². The van der Waals surface area contributed by atoms with Crippen LogP contribution in [0.25, 0.3) is 44.8 Å². The molecule has 4 N–H and O–H groups in total. The number of ether oxygens (including phenoxy) is 5. The van der Waals surface area contributed by atoms with Crippen molar-refractivity contribution in [3.8, 4) is 22.5 Å². The molecule has 4 aliphatic rings. The highest BCUT2D eigenvalue weighted by atomic mass is 32.7. The molecule has 3 saturated heterocycles. The number of carbonyl (C=O) groups excluding carboxylic acids is 1. The fourth-order valence-corrected chi connectivity index (χ4v) is 15.0. The number of pyridine rings is 1. The highest BCUT2D eigenvalue weighted by Gasteiger charge is 2.55. The number of alkyl halides is 2. The minimum absolute atomic E-state index is 0.0251. The van der Waals surface area contributed by atoms with Gasteiger partial charge in [-0.05, 0) is 40.2 Å². The fraction of sp³-hybridized carbons (Fsp3) is 0.396. The van der Waals surface area contributed by atoms with Gasteiger partial charge in [-0.3, -0.25) is 27.5 Å². The SMILES string of the molecule is B[P@@]1(=O)OC[C@H]2O[C@@H](n3cnc4c(N)ccnc43)[C@H](F)[C@@H]2O[P@](=O)(SCc2ccc(COCCOCCOCCn3nnc4c3-c3ccccc3CN(C(=O)CC)c3ccccc3-4)cc2)OC[C@H]2O[C@@H](n3cnc4c(N)ncnc43)[C@H](F)[C@@H]2O1. The van der Waals surface area contributed by atoms with E-state index in [1.165, 1.54) is 34.3 Å². The van der Waals surface area contributed by atoms with E-state index in [1.807, 2.05) is 89.3 Å². The van der Waals surface area contributed by atoms with Crippen LogP contribution in [0.3, 0.4) is 0 Å². The maximum absolute atomic E-state index is 17.0. The Labute approximate surface area is 484 Å². The highest BCUT2D eigenvalue weighted by Crippen LogP contribution is 2.65. The number of aromatic nitrogens is 10. The number of amides is 1. The third kappa shape index (κ3) is 11.9. The Morgan fingerprint density at radius 3 is 2.14 bits per heavy atom. The lowest BCUT2D eigenvalue weighted by atomic mass is 9.95. The Balaban J connectivity index is 0.656. The molecule has 0 unspecified atom stereocenters. The van der Waals surface area contributed by atoms with Crippen LogP contribution in [0.4, 0.5) is 26.0 Å². The fourth-order valence-electron chi connectivity index (χ4n) is 10.5. The molecular weight excluding hydrogens is 1150 g/mol. The molecule has 0 spiro atoms. The quantitative estimate of drug-likeness (QED) is 0.0530. The molecule has 31 heteroatoms. The first kappa shape index (κ1) is 57.8. The van der Waals surface area contributed by atoms with Crippen molar-refractivity contribution in [3.05, 3.63) is 121 Å². The monoisotopic (exact) mass is 1210 g/mol. The molecule has 10 atom stereocenters. The minimum Gasteiger partial charge on any atom is -0.397 e. The maximum Gasteiger partial charge on any atom is 0.389 e. The molecule has 3 fully saturated rings. The zero-order valence-corrected chi connectivity index (χ0v) is 48.1. The second-order valence-corrected chi connectivity index (χ2v) is 26.2. The Hall–Kier alpha value is -6.59. The number of rotatable bonds is 17. The third-order valence-corrected chi connectivity index (χ3v) is 19.6. The van der Waals surface area contributed by atoms with Crippen molar-refractivity contribution in [3.63, 3.8) is 0 Å². The van der Waals surface area contributed by atoms with E-state index < -0.39 is 76.7 Å². The van der Waals surface area contributed by atoms with E-state index in [9.17, 15) is 9.36 Å². The lowest BCUT2D eigenvalue weighted by Gasteiger charge is -2.30. The number of fused-ring (bicyclic) bond motifs is 9. The number of hydrogen-bond donors (Lipinski definition) is 2. The van der Waals surface area contributed by atoms with Crippen LogP contribution >= 0.6 is 25.7 Å². The van der Waals surface area contributed by atoms with Crippen LogP contribution in [-0.4, -0.2) is 146 Å². The molecule has 4 aliphatic heterocycles. The lowest BCUT2D eigenvalue weighted by molar-refractivity contribution is -0.118. The van der Waals surface area contributed by atoms with E-state index in [0.717, 1.165) is 52.6 Å². The number of nitrogens with two attached hydrogens (primary N) is 2. The van der Waals surface area contributed by atoms with Gasteiger partial charge in [-0.1, -0.05) is 78.9 Å². The number of para-hydroxylation sites is 1. The number of carbonyl (C=O) groups is 1. The zero-order valence-electron chi connectivity index (χ0n) is 45.5. The van der Waals surface area contributed by atoms with Crippen LogP contribution in [-0.2, 0) is 81.2 Å². The van der Waals surface area contributed by atoms with Crippen molar-refractivity contribution >= 4 is 78.6 Å². The van der Waals surface area contributed by atoms with E-state index in [-0.39, 0.29) is 40.9 Å². The van der Waals surface area contributed by atoms with Crippen molar-refractivity contribution in [2.75, 3.05) is 62.6 Å². The first-order valence-corrected chi connectivity index (χ1v) is 32.2. The molecule has 0 bridgehead atoms. The topological polar surface area (TPSA) is 295 Å². The molecule has 12 rings (SSSR count). The molecule has 8 aromatic rings. The first-order valence-electron chi connectivity index (χ1n) is 27.1. The molecular formula is C53H58BF2N13O12P2S. The summed E-state index contributed by atoms with van der Waals surface area (Å²) in [5, 5.41) is 9.14. The van der Waals surface area contributed by atoms with Crippen LogP contribution in [0, 0.1) is 0 Å². The van der Waals surface area contributed by atoms with Gasteiger partial charge in [-0.15, -0.1) is 5.10 Å². The zero-order chi connectivity index (χ0) is 58.1. The molecule has 84 heavy (non-hydrogen) atoms. The van der Waals surface area contributed by atoms with Gasteiger partial charge in [-0.2, -0.15) is 0 Å². The number of halogens is 2. The summed E-state index contributed by atoms with van der Waals surface area (Å²) in [4.78, 5) is 36.0. The number of nitrogens with zero attached hydrogens (tertiary/aromatic N) is 11. The van der Waals surface area contributed by atoms with Crippen molar-refractivity contribution in [2.24, 2.45) is 0 Å². The summed E-state index contributed by atoms with van der Waals surface area (Å²) in [5.41, 5.74) is 20.0. The number of anilines is 3. The summed E-state index contributed by atoms with van der Waals surface area (Å²) >= 11 is 0.770. The van der Waals surface area contributed by atoms with E-state index in [1.54, 1.807) is 6.07 Å². The van der Waals surface area contributed by atoms with E-state index in [4.69, 9.17) is 53.2 Å². The Kier molecular flexibility index (Phi) is 17.1. The number of hydrogen-bond acceptors (Lipinski definition) is 22. The van der Waals surface area contributed by atoms with E-state index >= 15 is 13.3 Å².